The molecule has 0 radical (unpaired) electrons. The molecular formula is C23H21N3O3. The molecule has 0 bridgehead atoms. The van der Waals surface area contributed by atoms with Gasteiger partial charge < -0.3 is 9.57 Å². The van der Waals surface area contributed by atoms with E-state index in [0.717, 1.165) is 16.3 Å². The standard InChI is InChI=1S/C23H21N3O3/c1-22(2)24-20(17-11-5-4-6-12-17)23(28-3)25(21(27)29-26(22)23)19-15-9-13-16-10-7-8-14-18(16)19/h4-15H,1-3H3. The Hall–Kier alpha value is -3.22. The van der Waals surface area contributed by atoms with Gasteiger partial charge in [-0.1, -0.05) is 71.8 Å². The fourth-order valence-corrected chi connectivity index (χ4v) is 4.26. The minimum Gasteiger partial charge on any atom is -0.343 e. The van der Waals surface area contributed by atoms with E-state index in [4.69, 9.17) is 14.6 Å². The SMILES string of the molecule is COC12C(c3ccccc3)=NC(C)(C)N1OC(=O)N2c1cccc2ccccc12. The Kier molecular flexibility index (Phi) is 3.78. The smallest absolute Gasteiger partial charge is 0.343 e. The fourth-order valence-electron chi connectivity index (χ4n) is 4.26. The highest BCUT2D eigenvalue weighted by atomic mass is 16.8. The minimum atomic E-state index is -1.31. The predicted octanol–water partition coefficient (Wildman–Crippen LogP) is 4.55. The van der Waals surface area contributed by atoms with Gasteiger partial charge in [-0.05, 0) is 25.3 Å². The second-order valence-electron chi connectivity index (χ2n) is 7.62. The highest BCUT2D eigenvalue weighted by Crippen LogP contribution is 2.48. The molecule has 0 N–H and O–H groups in total. The van der Waals surface area contributed by atoms with Gasteiger partial charge in [0.15, 0.2) is 0 Å². The van der Waals surface area contributed by atoms with Crippen molar-refractivity contribution in [1.29, 1.82) is 0 Å². The number of hydroxylamine groups is 2. The van der Waals surface area contributed by atoms with Crippen molar-refractivity contribution in [1.82, 2.24) is 5.06 Å². The van der Waals surface area contributed by atoms with Crippen LogP contribution in [0, 0.1) is 0 Å². The maximum absolute atomic E-state index is 13.2. The molecular weight excluding hydrogens is 366 g/mol. The van der Waals surface area contributed by atoms with Gasteiger partial charge >= 0.3 is 6.09 Å². The van der Waals surface area contributed by atoms with Crippen LogP contribution < -0.4 is 4.90 Å². The number of carbonyl (C=O) groups is 1. The Morgan fingerprint density at radius 3 is 2.38 bits per heavy atom. The first-order valence-electron chi connectivity index (χ1n) is 9.50. The number of benzene rings is 3. The maximum Gasteiger partial charge on any atom is 0.437 e. The number of rotatable bonds is 3. The summed E-state index contributed by atoms with van der Waals surface area (Å²) >= 11 is 0. The van der Waals surface area contributed by atoms with Gasteiger partial charge in [0.2, 0.25) is 0 Å². The van der Waals surface area contributed by atoms with E-state index in [1.807, 2.05) is 86.6 Å². The van der Waals surface area contributed by atoms with Gasteiger partial charge in [-0.15, -0.1) is 0 Å². The Labute approximate surface area is 168 Å². The number of hydrogen-bond acceptors (Lipinski definition) is 5. The molecule has 2 aliphatic heterocycles. The summed E-state index contributed by atoms with van der Waals surface area (Å²) in [4.78, 5) is 25.4. The monoisotopic (exact) mass is 387 g/mol. The molecule has 1 atom stereocenters. The third kappa shape index (κ3) is 2.36. The van der Waals surface area contributed by atoms with Crippen molar-refractivity contribution in [3.05, 3.63) is 78.4 Å². The lowest BCUT2D eigenvalue weighted by molar-refractivity contribution is -0.229. The summed E-state index contributed by atoms with van der Waals surface area (Å²) in [6.07, 6.45) is -0.500. The number of aliphatic imine (C=N–C) groups is 1. The van der Waals surface area contributed by atoms with Gasteiger partial charge in [0.1, 0.15) is 11.4 Å². The summed E-state index contributed by atoms with van der Waals surface area (Å²) in [5.74, 6) is -1.31. The Bertz CT molecular complexity index is 1140. The van der Waals surface area contributed by atoms with Crippen molar-refractivity contribution in [3.63, 3.8) is 0 Å². The highest BCUT2D eigenvalue weighted by molar-refractivity contribution is 6.16. The van der Waals surface area contributed by atoms with Crippen LogP contribution in [0.5, 0.6) is 0 Å². The van der Waals surface area contributed by atoms with Gasteiger partial charge in [-0.25, -0.2) is 9.69 Å². The molecule has 3 aromatic carbocycles. The Morgan fingerprint density at radius 1 is 0.931 bits per heavy atom. The number of ether oxygens (including phenoxy) is 1. The Balaban J connectivity index is 1.79. The van der Waals surface area contributed by atoms with Gasteiger partial charge in [-0.2, -0.15) is 0 Å². The molecule has 1 amide bonds. The van der Waals surface area contributed by atoms with E-state index < -0.39 is 17.6 Å². The van der Waals surface area contributed by atoms with Gasteiger partial charge in [0.05, 0.1) is 5.69 Å². The molecule has 29 heavy (non-hydrogen) atoms. The van der Waals surface area contributed by atoms with Crippen LogP contribution in [0.1, 0.15) is 19.4 Å². The number of carbonyl (C=O) groups excluding carboxylic acids is 1. The summed E-state index contributed by atoms with van der Waals surface area (Å²) in [6.45, 7) is 3.80. The van der Waals surface area contributed by atoms with Gasteiger partial charge in [0.25, 0.3) is 5.85 Å². The van der Waals surface area contributed by atoms with Crippen LogP contribution in [-0.2, 0) is 9.57 Å². The molecule has 2 aliphatic rings. The van der Waals surface area contributed by atoms with E-state index in [1.54, 1.807) is 17.1 Å². The first-order valence-corrected chi connectivity index (χ1v) is 9.50. The molecule has 3 aromatic rings. The lowest BCUT2D eigenvalue weighted by Crippen LogP contribution is -2.61. The van der Waals surface area contributed by atoms with E-state index in [-0.39, 0.29) is 0 Å². The molecule has 0 spiro atoms. The van der Waals surface area contributed by atoms with Crippen molar-refractivity contribution in [2.24, 2.45) is 4.99 Å². The van der Waals surface area contributed by atoms with Crippen LogP contribution in [0.15, 0.2) is 77.8 Å². The lowest BCUT2D eigenvalue weighted by Gasteiger charge is -2.37. The fraction of sp³-hybridized carbons (Fsp3) is 0.217. The topological polar surface area (TPSA) is 54.4 Å². The normalized spacial score (nSPS) is 23.2. The van der Waals surface area contributed by atoms with Gasteiger partial charge in [0, 0.05) is 18.1 Å². The Morgan fingerprint density at radius 2 is 1.62 bits per heavy atom. The number of fused-ring (bicyclic) bond motifs is 2. The maximum atomic E-state index is 13.2. The molecule has 0 aliphatic carbocycles. The zero-order valence-electron chi connectivity index (χ0n) is 16.5. The average molecular weight is 387 g/mol. The molecule has 2 heterocycles. The predicted molar refractivity (Wildman–Crippen MR) is 112 cm³/mol. The highest BCUT2D eigenvalue weighted by Gasteiger charge is 2.68. The zero-order chi connectivity index (χ0) is 20.2. The average Bonchev–Trinajstić information content (AvgIpc) is 3.17. The number of hydrogen-bond donors (Lipinski definition) is 0. The molecule has 0 aromatic heterocycles. The molecule has 1 fully saturated rings. The van der Waals surface area contributed by atoms with Crippen LogP contribution >= 0.6 is 0 Å². The molecule has 146 valence electrons. The van der Waals surface area contributed by atoms with E-state index in [9.17, 15) is 4.79 Å². The number of nitrogens with zero attached hydrogens (tertiary/aromatic N) is 3. The summed E-state index contributed by atoms with van der Waals surface area (Å²) in [6, 6.07) is 23.5. The summed E-state index contributed by atoms with van der Waals surface area (Å²) in [5.41, 5.74) is 1.41. The van der Waals surface area contributed by atoms with E-state index in [0.29, 0.717) is 11.4 Å². The molecule has 0 saturated carbocycles. The first kappa shape index (κ1) is 17.8. The first-order chi connectivity index (χ1) is 14.0. The van der Waals surface area contributed by atoms with Crippen molar-refractivity contribution >= 4 is 28.3 Å². The van der Waals surface area contributed by atoms with Crippen LogP contribution in [0.4, 0.5) is 10.5 Å². The number of methoxy groups -OCH3 is 1. The van der Waals surface area contributed by atoms with E-state index in [2.05, 4.69) is 0 Å². The number of amides is 1. The van der Waals surface area contributed by atoms with Crippen molar-refractivity contribution < 1.29 is 14.4 Å². The van der Waals surface area contributed by atoms with Crippen LogP contribution in [0.2, 0.25) is 0 Å². The molecule has 1 saturated heterocycles. The zero-order valence-corrected chi connectivity index (χ0v) is 16.5. The van der Waals surface area contributed by atoms with Crippen molar-refractivity contribution in [3.8, 4) is 0 Å². The van der Waals surface area contributed by atoms with Crippen LogP contribution in [0.3, 0.4) is 0 Å². The molecule has 5 rings (SSSR count). The summed E-state index contributed by atoms with van der Waals surface area (Å²) in [7, 11) is 1.58. The van der Waals surface area contributed by atoms with E-state index in [1.165, 1.54) is 0 Å². The summed E-state index contributed by atoms with van der Waals surface area (Å²) < 4.78 is 6.09. The third-order valence-electron chi connectivity index (χ3n) is 5.46. The molecule has 6 heteroatoms. The molecule has 1 unspecified atom stereocenters. The van der Waals surface area contributed by atoms with Crippen molar-refractivity contribution in [2.45, 2.75) is 25.4 Å². The quantitative estimate of drug-likeness (QED) is 0.661. The van der Waals surface area contributed by atoms with E-state index >= 15 is 0 Å². The van der Waals surface area contributed by atoms with Crippen molar-refractivity contribution in [2.75, 3.05) is 12.0 Å². The van der Waals surface area contributed by atoms with Crippen LogP contribution in [0.25, 0.3) is 10.8 Å². The molecule has 6 nitrogen and oxygen atoms in total. The van der Waals surface area contributed by atoms with Gasteiger partial charge in [-0.3, -0.25) is 4.99 Å². The lowest BCUT2D eigenvalue weighted by atomic mass is 10.0. The minimum absolute atomic E-state index is 0.500. The third-order valence-corrected chi connectivity index (χ3v) is 5.46. The largest absolute Gasteiger partial charge is 0.437 e. The summed E-state index contributed by atoms with van der Waals surface area (Å²) in [5, 5.41) is 3.51. The second-order valence-corrected chi connectivity index (χ2v) is 7.62. The second kappa shape index (κ2) is 6.14. The van der Waals surface area contributed by atoms with Crippen LogP contribution in [-0.4, -0.2) is 35.5 Å². The number of anilines is 1.